The molecule has 0 aliphatic heterocycles. The molecule has 348 valence electrons. The molecule has 2 nitrogen and oxygen atoms in total. The first kappa shape index (κ1) is 43.1. The van der Waals surface area contributed by atoms with Crippen LogP contribution in [0.2, 0.25) is 0 Å². The number of para-hydroxylation sites is 4. The van der Waals surface area contributed by atoms with Gasteiger partial charge in [-0.15, -0.1) is 0 Å². The van der Waals surface area contributed by atoms with E-state index < -0.39 is 5.41 Å². The van der Waals surface area contributed by atoms with Gasteiger partial charge in [-0.1, -0.05) is 238 Å². The highest BCUT2D eigenvalue weighted by molar-refractivity contribution is 6.11. The molecule has 1 heterocycles. The van der Waals surface area contributed by atoms with Gasteiger partial charge in [-0.2, -0.15) is 0 Å². The molecule has 0 amide bonds. The molecule has 2 aliphatic carbocycles. The zero-order chi connectivity index (χ0) is 48.3. The molecule has 0 saturated heterocycles. The lowest BCUT2D eigenvalue weighted by Crippen LogP contribution is -2.28. The molecule has 0 bridgehead atoms. The summed E-state index contributed by atoms with van der Waals surface area (Å²) >= 11 is 0. The highest BCUT2D eigenvalue weighted by atomic mass is 16.3. The van der Waals surface area contributed by atoms with Gasteiger partial charge < -0.3 is 9.32 Å². The van der Waals surface area contributed by atoms with Crippen LogP contribution >= 0.6 is 0 Å². The van der Waals surface area contributed by atoms with Crippen LogP contribution in [0.15, 0.2) is 259 Å². The Bertz CT molecular complexity index is 3960. The average Bonchev–Trinajstić information content (AvgIpc) is 4.05. The largest absolute Gasteiger partial charge is 0.455 e. The van der Waals surface area contributed by atoms with Crippen molar-refractivity contribution in [2.75, 3.05) is 4.90 Å². The van der Waals surface area contributed by atoms with Crippen LogP contribution in [0.3, 0.4) is 0 Å². The maximum absolute atomic E-state index is 6.77. The van der Waals surface area contributed by atoms with Gasteiger partial charge in [0.05, 0.1) is 16.8 Å². The minimum atomic E-state index is -0.476. The SMILES string of the molecule is c1ccc(C2(c3ccccc3)c3ccccc3-c3ccc(-c4ccc(N(c5ccccc5-c5cccc6c5oc5ccccc56)c5ccccc5-c5cccc6cccc(C7CCCCC7)c56)cc4)cc32)cc1. The van der Waals surface area contributed by atoms with E-state index in [1.165, 1.54) is 98.5 Å². The first-order valence-electron chi connectivity index (χ1n) is 26.1. The summed E-state index contributed by atoms with van der Waals surface area (Å²) in [5.41, 5.74) is 20.8. The molecule has 0 atom stereocenters. The summed E-state index contributed by atoms with van der Waals surface area (Å²) in [4.78, 5) is 2.49. The summed E-state index contributed by atoms with van der Waals surface area (Å²) in [5.74, 6) is 0.554. The van der Waals surface area contributed by atoms with Crippen molar-refractivity contribution in [1.82, 2.24) is 0 Å². The summed E-state index contributed by atoms with van der Waals surface area (Å²) in [6, 6.07) is 94.4. The van der Waals surface area contributed by atoms with E-state index in [0.29, 0.717) is 5.92 Å². The minimum absolute atomic E-state index is 0.476. The van der Waals surface area contributed by atoms with Gasteiger partial charge in [-0.05, 0) is 122 Å². The van der Waals surface area contributed by atoms with Crippen molar-refractivity contribution in [2.24, 2.45) is 0 Å². The Labute approximate surface area is 427 Å². The number of fused-ring (bicyclic) bond motifs is 7. The summed E-state index contributed by atoms with van der Waals surface area (Å²) in [6.45, 7) is 0. The average molecular weight is 936 g/mol. The molecule has 0 spiro atoms. The van der Waals surface area contributed by atoms with E-state index in [4.69, 9.17) is 4.42 Å². The Morgan fingerprint density at radius 3 is 1.67 bits per heavy atom. The van der Waals surface area contributed by atoms with Crippen molar-refractivity contribution in [2.45, 2.75) is 43.4 Å². The lowest BCUT2D eigenvalue weighted by atomic mass is 9.67. The van der Waals surface area contributed by atoms with E-state index in [1.807, 2.05) is 0 Å². The Morgan fingerprint density at radius 1 is 0.384 bits per heavy atom. The predicted octanol–water partition coefficient (Wildman–Crippen LogP) is 19.6. The molecule has 2 heteroatoms. The first-order chi connectivity index (χ1) is 36.2. The molecule has 1 saturated carbocycles. The van der Waals surface area contributed by atoms with Crippen LogP contribution in [-0.2, 0) is 5.41 Å². The van der Waals surface area contributed by atoms with Gasteiger partial charge in [0, 0.05) is 33.2 Å². The van der Waals surface area contributed by atoms with Crippen molar-refractivity contribution in [1.29, 1.82) is 0 Å². The summed E-state index contributed by atoms with van der Waals surface area (Å²) < 4.78 is 6.77. The molecule has 12 aromatic rings. The smallest absolute Gasteiger partial charge is 0.143 e. The number of furan rings is 1. The van der Waals surface area contributed by atoms with Crippen molar-refractivity contribution < 1.29 is 4.42 Å². The quantitative estimate of drug-likeness (QED) is 0.143. The van der Waals surface area contributed by atoms with Crippen molar-refractivity contribution in [3.8, 4) is 44.5 Å². The highest BCUT2D eigenvalue weighted by Gasteiger charge is 2.46. The van der Waals surface area contributed by atoms with Gasteiger partial charge in [0.15, 0.2) is 0 Å². The standard InChI is InChI=1S/C71H53NO/c1-4-21-49(22-5-1)55-33-18-23-50-24-19-34-61(69(50)55)58-30-11-15-38-66(58)72(67-39-16-12-31-59(67)62-35-20-36-63-60-32-13-17-40-68(60)73-70(62)63)54-44-41-48(42-45-54)51-43-46-57-56-29-10-14-37-64(56)71(65(57)47-51,52-25-6-2-7-26-52)53-27-8-3-9-28-53/h2-3,6-20,23-47,49H,1,4-5,21-22H2. The van der Waals surface area contributed by atoms with E-state index in [2.05, 4.69) is 260 Å². The minimum Gasteiger partial charge on any atom is -0.455 e. The zero-order valence-corrected chi connectivity index (χ0v) is 40.7. The van der Waals surface area contributed by atoms with Crippen LogP contribution in [-0.4, -0.2) is 0 Å². The van der Waals surface area contributed by atoms with Crippen LogP contribution in [0.5, 0.6) is 0 Å². The monoisotopic (exact) mass is 935 g/mol. The molecule has 0 radical (unpaired) electrons. The van der Waals surface area contributed by atoms with Gasteiger partial charge >= 0.3 is 0 Å². The number of rotatable bonds is 9. The Kier molecular flexibility index (Phi) is 10.5. The first-order valence-corrected chi connectivity index (χ1v) is 26.1. The van der Waals surface area contributed by atoms with Crippen LogP contribution < -0.4 is 4.90 Å². The van der Waals surface area contributed by atoms with Gasteiger partial charge in [-0.25, -0.2) is 0 Å². The summed E-state index contributed by atoms with van der Waals surface area (Å²) in [7, 11) is 0. The van der Waals surface area contributed by atoms with Gasteiger partial charge in [-0.3, -0.25) is 0 Å². The van der Waals surface area contributed by atoms with Gasteiger partial charge in [0.1, 0.15) is 11.2 Å². The maximum Gasteiger partial charge on any atom is 0.143 e. The number of hydrogen-bond donors (Lipinski definition) is 0. The Hall–Kier alpha value is -8.72. The molecule has 11 aromatic carbocycles. The van der Waals surface area contributed by atoms with E-state index in [9.17, 15) is 0 Å². The third kappa shape index (κ3) is 7.00. The van der Waals surface area contributed by atoms with Gasteiger partial charge in [0.2, 0.25) is 0 Å². The van der Waals surface area contributed by atoms with Crippen LogP contribution in [0.25, 0.3) is 77.2 Å². The lowest BCUT2D eigenvalue weighted by Gasteiger charge is -2.34. The van der Waals surface area contributed by atoms with Crippen LogP contribution in [0, 0.1) is 0 Å². The molecular formula is C71H53NO. The fourth-order valence-electron chi connectivity index (χ4n) is 12.9. The lowest BCUT2D eigenvalue weighted by molar-refractivity contribution is 0.445. The number of benzene rings is 11. The fourth-order valence-corrected chi connectivity index (χ4v) is 12.9. The maximum atomic E-state index is 6.77. The molecule has 73 heavy (non-hydrogen) atoms. The Morgan fingerprint density at radius 2 is 0.932 bits per heavy atom. The molecule has 14 rings (SSSR count). The third-order valence-corrected chi connectivity index (χ3v) is 16.2. The van der Waals surface area contributed by atoms with E-state index in [0.717, 1.165) is 55.7 Å². The third-order valence-electron chi connectivity index (χ3n) is 16.2. The second-order valence-corrected chi connectivity index (χ2v) is 20.1. The molecule has 0 N–H and O–H groups in total. The molecular weight excluding hydrogens is 883 g/mol. The van der Waals surface area contributed by atoms with Crippen LogP contribution in [0.1, 0.15) is 65.8 Å². The Balaban J connectivity index is 0.962. The zero-order valence-electron chi connectivity index (χ0n) is 40.7. The molecule has 0 unspecified atom stereocenters. The normalized spacial score (nSPS) is 14.1. The van der Waals surface area contributed by atoms with Crippen molar-refractivity contribution in [3.05, 3.63) is 283 Å². The number of anilines is 3. The summed E-state index contributed by atoms with van der Waals surface area (Å²) in [6.07, 6.45) is 6.39. The van der Waals surface area contributed by atoms with Crippen molar-refractivity contribution in [3.63, 3.8) is 0 Å². The number of nitrogens with zero attached hydrogens (tertiary/aromatic N) is 1. The molecule has 1 aromatic heterocycles. The second kappa shape index (κ2) is 17.8. The predicted molar refractivity (Wildman–Crippen MR) is 305 cm³/mol. The van der Waals surface area contributed by atoms with E-state index >= 15 is 0 Å². The fraction of sp³-hybridized carbons (Fsp3) is 0.0986. The van der Waals surface area contributed by atoms with E-state index in [-0.39, 0.29) is 0 Å². The summed E-state index contributed by atoms with van der Waals surface area (Å²) in [5, 5.41) is 4.91. The highest BCUT2D eigenvalue weighted by Crippen LogP contribution is 2.57. The number of hydrogen-bond acceptors (Lipinski definition) is 2. The van der Waals surface area contributed by atoms with E-state index in [1.54, 1.807) is 0 Å². The van der Waals surface area contributed by atoms with Gasteiger partial charge in [0.25, 0.3) is 0 Å². The second-order valence-electron chi connectivity index (χ2n) is 20.1. The topological polar surface area (TPSA) is 16.4 Å². The molecule has 2 aliphatic rings. The van der Waals surface area contributed by atoms with Crippen molar-refractivity contribution >= 4 is 49.8 Å². The van der Waals surface area contributed by atoms with Crippen LogP contribution in [0.4, 0.5) is 17.1 Å². The molecule has 1 fully saturated rings.